The first kappa shape index (κ1) is 21.4. The van der Waals surface area contributed by atoms with Gasteiger partial charge in [0.25, 0.3) is 10.1 Å². The maximum Gasteiger partial charge on any atom is 0.322 e. The van der Waals surface area contributed by atoms with Crippen LogP contribution in [0.3, 0.4) is 0 Å². The van der Waals surface area contributed by atoms with E-state index in [-0.39, 0.29) is 0 Å². The first-order chi connectivity index (χ1) is 15.1. The highest BCUT2D eigenvalue weighted by molar-refractivity contribution is 7.85. The summed E-state index contributed by atoms with van der Waals surface area (Å²) in [6.45, 7) is 0. The smallest absolute Gasteiger partial charge is 0.322 e. The summed E-state index contributed by atoms with van der Waals surface area (Å²) in [6, 6.07) is 0. The summed E-state index contributed by atoms with van der Waals surface area (Å²) in [4.78, 5) is 26.5. The molecule has 0 spiro atoms. The molecule has 32 heavy (non-hydrogen) atoms. The van der Waals surface area contributed by atoms with Crippen LogP contribution in [-0.4, -0.2) is 41.9 Å². The Morgan fingerprint density at radius 3 is 1.22 bits per heavy atom. The van der Waals surface area contributed by atoms with Crippen LogP contribution in [-0.2, 0) is 29.2 Å². The molecule has 0 radical (unpaired) electrons. The van der Waals surface area contributed by atoms with Gasteiger partial charge < -0.3 is 9.47 Å². The van der Waals surface area contributed by atoms with Gasteiger partial charge in [0.1, 0.15) is 11.2 Å². The average Bonchev–Trinajstić information content (AvgIpc) is 2.62. The SMILES string of the molecule is O=C(OC12CC3CC(CC(C3)C1)C2)C(CS(=O)(=O)O)C(=O)OC12CC3CC(CC(C3)C1)C2. The summed E-state index contributed by atoms with van der Waals surface area (Å²) in [5, 5.41) is 0. The number of rotatable bonds is 6. The molecular formula is C24H34O7S. The maximum absolute atomic E-state index is 13.2. The third-order valence-corrected chi connectivity index (χ3v) is 10.3. The Morgan fingerprint density at radius 2 is 0.969 bits per heavy atom. The van der Waals surface area contributed by atoms with Crippen LogP contribution in [0.2, 0.25) is 0 Å². The Kier molecular flexibility index (Phi) is 4.79. The van der Waals surface area contributed by atoms with Gasteiger partial charge in [-0.3, -0.25) is 14.1 Å². The predicted octanol–water partition coefficient (Wildman–Crippen LogP) is 3.51. The van der Waals surface area contributed by atoms with Crippen molar-refractivity contribution < 1.29 is 32.0 Å². The second-order valence-corrected chi connectivity index (χ2v) is 13.8. The van der Waals surface area contributed by atoms with Crippen LogP contribution in [0.5, 0.6) is 0 Å². The molecular weight excluding hydrogens is 432 g/mol. The predicted molar refractivity (Wildman–Crippen MR) is 114 cm³/mol. The van der Waals surface area contributed by atoms with Crippen molar-refractivity contribution in [2.75, 3.05) is 5.75 Å². The van der Waals surface area contributed by atoms with Crippen LogP contribution in [0.1, 0.15) is 77.0 Å². The molecule has 0 amide bonds. The highest BCUT2D eigenvalue weighted by atomic mass is 32.2. The van der Waals surface area contributed by atoms with E-state index in [2.05, 4.69) is 0 Å². The van der Waals surface area contributed by atoms with Crippen molar-refractivity contribution >= 4 is 22.1 Å². The molecule has 7 nitrogen and oxygen atoms in total. The Labute approximate surface area is 189 Å². The van der Waals surface area contributed by atoms with E-state index < -0.39 is 44.9 Å². The molecule has 0 aromatic heterocycles. The molecule has 0 aliphatic heterocycles. The lowest BCUT2D eigenvalue weighted by molar-refractivity contribution is -0.203. The van der Waals surface area contributed by atoms with Crippen molar-refractivity contribution in [3.8, 4) is 0 Å². The highest BCUT2D eigenvalue weighted by Gasteiger charge is 2.56. The Balaban J connectivity index is 1.20. The van der Waals surface area contributed by atoms with Crippen molar-refractivity contribution in [2.45, 2.75) is 88.3 Å². The van der Waals surface area contributed by atoms with Gasteiger partial charge >= 0.3 is 11.9 Å². The van der Waals surface area contributed by atoms with Gasteiger partial charge in [-0.25, -0.2) is 0 Å². The Bertz CT molecular complexity index is 794. The molecule has 8 fully saturated rings. The number of hydrogen-bond acceptors (Lipinski definition) is 6. The molecule has 8 aliphatic carbocycles. The Morgan fingerprint density at radius 1 is 0.688 bits per heavy atom. The van der Waals surface area contributed by atoms with Crippen LogP contribution >= 0.6 is 0 Å². The summed E-state index contributed by atoms with van der Waals surface area (Å²) in [5.74, 6) is -0.962. The summed E-state index contributed by atoms with van der Waals surface area (Å²) in [7, 11) is -4.55. The lowest BCUT2D eigenvalue weighted by Gasteiger charge is -2.56. The van der Waals surface area contributed by atoms with Crippen LogP contribution in [0.4, 0.5) is 0 Å². The highest BCUT2D eigenvalue weighted by Crippen LogP contribution is 2.58. The number of esters is 2. The number of carbonyl (C=O) groups excluding carboxylic acids is 2. The van der Waals surface area contributed by atoms with E-state index in [1.165, 1.54) is 38.5 Å². The van der Waals surface area contributed by atoms with E-state index in [0.29, 0.717) is 35.5 Å². The monoisotopic (exact) mass is 466 g/mol. The zero-order valence-corrected chi connectivity index (χ0v) is 19.4. The quantitative estimate of drug-likeness (QED) is 0.363. The first-order valence-electron chi connectivity index (χ1n) is 12.5. The molecule has 1 N–H and O–H groups in total. The summed E-state index contributed by atoms with van der Waals surface area (Å²) in [6.07, 6.45) is 11.9. The van der Waals surface area contributed by atoms with Gasteiger partial charge in [0.05, 0.1) is 5.75 Å². The first-order valence-corrected chi connectivity index (χ1v) is 14.1. The van der Waals surface area contributed by atoms with Crippen LogP contribution in [0.25, 0.3) is 0 Å². The summed E-state index contributed by atoms with van der Waals surface area (Å²) >= 11 is 0. The van der Waals surface area contributed by atoms with E-state index in [1.807, 2.05) is 0 Å². The molecule has 8 saturated carbocycles. The van der Waals surface area contributed by atoms with Gasteiger partial charge in [-0.2, -0.15) is 8.42 Å². The lowest BCUT2D eigenvalue weighted by Crippen LogP contribution is -2.55. The minimum absolute atomic E-state index is 0.549. The molecule has 178 valence electrons. The number of ether oxygens (including phenoxy) is 2. The van der Waals surface area contributed by atoms with Crippen molar-refractivity contribution in [2.24, 2.45) is 41.4 Å². The summed E-state index contributed by atoms with van der Waals surface area (Å²) in [5.41, 5.74) is -1.16. The topological polar surface area (TPSA) is 107 Å². The van der Waals surface area contributed by atoms with Gasteiger partial charge in [0.2, 0.25) is 0 Å². The van der Waals surface area contributed by atoms with E-state index in [9.17, 15) is 22.6 Å². The fourth-order valence-corrected chi connectivity index (χ4v) is 10.0. The second-order valence-electron chi connectivity index (χ2n) is 12.3. The standard InChI is InChI=1S/C24H34O7S/c25-21(30-23-7-14-1-15(8-23)3-16(2-14)9-23)20(13-32(27,28)29)22(26)31-24-10-17-4-18(11-24)6-19(5-17)12-24/h14-20H,1-13H2,(H,27,28,29). The molecule has 0 unspecified atom stereocenters. The molecule has 0 heterocycles. The molecule has 8 heteroatoms. The van der Waals surface area contributed by atoms with E-state index >= 15 is 0 Å². The maximum atomic E-state index is 13.2. The van der Waals surface area contributed by atoms with Crippen molar-refractivity contribution in [1.82, 2.24) is 0 Å². The van der Waals surface area contributed by atoms with Crippen LogP contribution in [0, 0.1) is 41.4 Å². The van der Waals surface area contributed by atoms with E-state index in [0.717, 1.165) is 38.5 Å². The largest absolute Gasteiger partial charge is 0.458 e. The van der Waals surface area contributed by atoms with Crippen LogP contribution in [0.15, 0.2) is 0 Å². The molecule has 8 rings (SSSR count). The average molecular weight is 467 g/mol. The van der Waals surface area contributed by atoms with Crippen LogP contribution < -0.4 is 0 Å². The zero-order valence-electron chi connectivity index (χ0n) is 18.5. The Hall–Kier alpha value is -1.15. The van der Waals surface area contributed by atoms with Crippen molar-refractivity contribution in [1.29, 1.82) is 0 Å². The van der Waals surface area contributed by atoms with E-state index in [1.54, 1.807) is 0 Å². The molecule has 8 bridgehead atoms. The molecule has 0 aromatic carbocycles. The van der Waals surface area contributed by atoms with Gasteiger partial charge in [-0.05, 0) is 113 Å². The third-order valence-electron chi connectivity index (χ3n) is 9.54. The molecule has 0 saturated heterocycles. The minimum Gasteiger partial charge on any atom is -0.458 e. The van der Waals surface area contributed by atoms with Gasteiger partial charge in [0, 0.05) is 0 Å². The third kappa shape index (κ3) is 3.89. The molecule has 0 aromatic rings. The number of carbonyl (C=O) groups is 2. The minimum atomic E-state index is -4.55. The van der Waals surface area contributed by atoms with Gasteiger partial charge in [-0.15, -0.1) is 0 Å². The zero-order chi connectivity index (χ0) is 22.3. The fourth-order valence-electron chi connectivity index (χ4n) is 9.32. The van der Waals surface area contributed by atoms with Gasteiger partial charge in [-0.1, -0.05) is 0 Å². The normalized spacial score (nSPS) is 46.8. The lowest BCUT2D eigenvalue weighted by atomic mass is 9.54. The van der Waals surface area contributed by atoms with Crippen molar-refractivity contribution in [3.63, 3.8) is 0 Å². The fraction of sp³-hybridized carbons (Fsp3) is 0.917. The number of hydrogen-bond donors (Lipinski definition) is 1. The second kappa shape index (κ2) is 7.17. The summed E-state index contributed by atoms with van der Waals surface area (Å²) < 4.78 is 44.9. The molecule has 0 atom stereocenters. The molecule has 8 aliphatic rings. The van der Waals surface area contributed by atoms with Gasteiger partial charge in [0.15, 0.2) is 5.92 Å². The van der Waals surface area contributed by atoms with E-state index in [4.69, 9.17) is 9.47 Å². The van der Waals surface area contributed by atoms with Crippen molar-refractivity contribution in [3.05, 3.63) is 0 Å².